The Morgan fingerprint density at radius 1 is 1.03 bits per heavy atom. The van der Waals surface area contributed by atoms with Crippen LogP contribution in [0.5, 0.6) is 0 Å². The van der Waals surface area contributed by atoms with Gasteiger partial charge in [0.15, 0.2) is 11.5 Å². The summed E-state index contributed by atoms with van der Waals surface area (Å²) in [5, 5.41) is 3.48. The zero-order chi connectivity index (χ0) is 21.2. The predicted molar refractivity (Wildman–Crippen MR) is 129 cm³/mol. The summed E-state index contributed by atoms with van der Waals surface area (Å²) in [6.45, 7) is 8.38. The van der Waals surface area contributed by atoms with Crippen molar-refractivity contribution in [3.63, 3.8) is 0 Å². The van der Waals surface area contributed by atoms with Crippen molar-refractivity contribution in [2.45, 2.75) is 26.2 Å². The van der Waals surface area contributed by atoms with Crippen LogP contribution in [-0.4, -0.2) is 27.5 Å². The van der Waals surface area contributed by atoms with Crippen LogP contribution in [0.3, 0.4) is 0 Å². The molecule has 5 rings (SSSR count). The minimum absolute atomic E-state index is 0.744. The van der Waals surface area contributed by atoms with Gasteiger partial charge in [-0.2, -0.15) is 0 Å². The van der Waals surface area contributed by atoms with Gasteiger partial charge in [-0.05, 0) is 62.1 Å². The van der Waals surface area contributed by atoms with Crippen LogP contribution in [0.4, 0.5) is 17.2 Å². The highest BCUT2D eigenvalue weighted by molar-refractivity contribution is 5.75. The number of nitrogens with one attached hydrogen (secondary N) is 1. The molecule has 2 aromatic carbocycles. The molecule has 4 aromatic rings. The van der Waals surface area contributed by atoms with Crippen molar-refractivity contribution in [2.24, 2.45) is 0 Å². The van der Waals surface area contributed by atoms with E-state index in [0.29, 0.717) is 0 Å². The number of hydrogen-bond donors (Lipinski definition) is 1. The minimum atomic E-state index is 0.744. The van der Waals surface area contributed by atoms with Gasteiger partial charge in [0.05, 0.1) is 5.69 Å². The Bertz CT molecular complexity index is 1220. The molecule has 5 nitrogen and oxygen atoms in total. The van der Waals surface area contributed by atoms with Crippen LogP contribution in [0.15, 0.2) is 73.7 Å². The van der Waals surface area contributed by atoms with Gasteiger partial charge in [-0.1, -0.05) is 30.4 Å². The third-order valence-corrected chi connectivity index (χ3v) is 5.88. The highest BCUT2D eigenvalue weighted by Crippen LogP contribution is 2.28. The van der Waals surface area contributed by atoms with E-state index in [9.17, 15) is 0 Å². The molecule has 1 aliphatic rings. The summed E-state index contributed by atoms with van der Waals surface area (Å²) in [4.78, 5) is 11.9. The molecule has 3 heterocycles. The fourth-order valence-electron chi connectivity index (χ4n) is 4.14. The van der Waals surface area contributed by atoms with Gasteiger partial charge < -0.3 is 14.6 Å². The number of nitrogens with zero attached hydrogens (tertiary/aromatic N) is 4. The standard InChI is InChI=1S/C26H27N5/c1-19(2)20-7-6-8-21(17-20)24-18-31-16-13-27-26(31)25(29-24)28-22-9-11-23(12-10-22)30-14-4-3-5-15-30/h6-13,16-18H,1,3-5,14-15H2,2H3,(H,28,29). The van der Waals surface area contributed by atoms with Crippen molar-refractivity contribution in [1.29, 1.82) is 0 Å². The molecule has 1 aliphatic heterocycles. The van der Waals surface area contributed by atoms with E-state index in [0.717, 1.165) is 52.6 Å². The van der Waals surface area contributed by atoms with Gasteiger partial charge in [-0.3, -0.25) is 0 Å². The summed E-state index contributed by atoms with van der Waals surface area (Å²) in [6.07, 6.45) is 9.67. The average molecular weight is 410 g/mol. The number of anilines is 3. The van der Waals surface area contributed by atoms with E-state index in [4.69, 9.17) is 4.98 Å². The smallest absolute Gasteiger partial charge is 0.180 e. The minimum Gasteiger partial charge on any atom is -0.372 e. The Morgan fingerprint density at radius 3 is 2.61 bits per heavy atom. The number of imidazole rings is 1. The Morgan fingerprint density at radius 2 is 1.84 bits per heavy atom. The maximum absolute atomic E-state index is 4.92. The summed E-state index contributed by atoms with van der Waals surface area (Å²) in [5.74, 6) is 0.744. The maximum Gasteiger partial charge on any atom is 0.180 e. The Balaban J connectivity index is 1.46. The number of rotatable bonds is 5. The molecule has 5 heteroatoms. The van der Waals surface area contributed by atoms with Crippen LogP contribution in [0.25, 0.3) is 22.5 Å². The first-order chi connectivity index (χ1) is 15.2. The summed E-state index contributed by atoms with van der Waals surface area (Å²) in [6, 6.07) is 17.0. The van der Waals surface area contributed by atoms with Gasteiger partial charge >= 0.3 is 0 Å². The third-order valence-electron chi connectivity index (χ3n) is 5.88. The van der Waals surface area contributed by atoms with Crippen LogP contribution in [-0.2, 0) is 0 Å². The summed E-state index contributed by atoms with van der Waals surface area (Å²) in [5.41, 5.74) is 7.20. The second kappa shape index (κ2) is 8.26. The van der Waals surface area contributed by atoms with E-state index in [1.165, 1.54) is 24.9 Å². The lowest BCUT2D eigenvalue weighted by Crippen LogP contribution is -2.29. The fourth-order valence-corrected chi connectivity index (χ4v) is 4.14. The molecule has 2 aromatic heterocycles. The van der Waals surface area contributed by atoms with Gasteiger partial charge in [-0.15, -0.1) is 0 Å². The van der Waals surface area contributed by atoms with Gasteiger partial charge in [0.1, 0.15) is 0 Å². The first-order valence-electron chi connectivity index (χ1n) is 10.9. The van der Waals surface area contributed by atoms with E-state index in [1.54, 1.807) is 6.20 Å². The largest absolute Gasteiger partial charge is 0.372 e. The topological polar surface area (TPSA) is 45.5 Å². The molecule has 0 amide bonds. The molecule has 0 aliphatic carbocycles. The molecule has 156 valence electrons. The fraction of sp³-hybridized carbons (Fsp3) is 0.231. The first kappa shape index (κ1) is 19.4. The molecule has 0 radical (unpaired) electrons. The van der Waals surface area contributed by atoms with E-state index in [-0.39, 0.29) is 0 Å². The first-order valence-corrected chi connectivity index (χ1v) is 10.9. The predicted octanol–water partition coefficient (Wildman–Crippen LogP) is 6.16. The second-order valence-electron chi connectivity index (χ2n) is 8.21. The quantitative estimate of drug-likeness (QED) is 0.428. The van der Waals surface area contributed by atoms with Crippen molar-refractivity contribution in [3.8, 4) is 11.3 Å². The zero-order valence-corrected chi connectivity index (χ0v) is 17.9. The van der Waals surface area contributed by atoms with Crippen molar-refractivity contribution < 1.29 is 0 Å². The third kappa shape index (κ3) is 4.04. The Kier molecular flexibility index (Phi) is 5.16. The Hall–Kier alpha value is -3.60. The molecule has 1 N–H and O–H groups in total. The lowest BCUT2D eigenvalue weighted by Gasteiger charge is -2.28. The normalized spacial score (nSPS) is 14.0. The number of piperidine rings is 1. The maximum atomic E-state index is 4.92. The lowest BCUT2D eigenvalue weighted by atomic mass is 10.0. The summed E-state index contributed by atoms with van der Waals surface area (Å²) < 4.78 is 2.01. The van der Waals surface area contributed by atoms with Gasteiger partial charge in [0.2, 0.25) is 0 Å². The van der Waals surface area contributed by atoms with Crippen LogP contribution in [0.2, 0.25) is 0 Å². The average Bonchev–Trinajstić information content (AvgIpc) is 3.29. The van der Waals surface area contributed by atoms with Crippen LogP contribution in [0.1, 0.15) is 31.7 Å². The van der Waals surface area contributed by atoms with Crippen LogP contribution >= 0.6 is 0 Å². The molecule has 0 saturated carbocycles. The Labute approximate surface area is 183 Å². The molecule has 0 atom stereocenters. The van der Waals surface area contributed by atoms with Crippen LogP contribution in [0, 0.1) is 0 Å². The number of fused-ring (bicyclic) bond motifs is 1. The van der Waals surface area contributed by atoms with Gasteiger partial charge in [0, 0.05) is 48.6 Å². The van der Waals surface area contributed by atoms with Crippen molar-refractivity contribution in [3.05, 3.63) is 79.3 Å². The highest BCUT2D eigenvalue weighted by atomic mass is 15.1. The lowest BCUT2D eigenvalue weighted by molar-refractivity contribution is 0.578. The molecule has 0 spiro atoms. The number of aromatic nitrogens is 3. The molecule has 1 saturated heterocycles. The van der Waals surface area contributed by atoms with E-state index >= 15 is 0 Å². The van der Waals surface area contributed by atoms with Crippen molar-refractivity contribution in [1.82, 2.24) is 14.4 Å². The second-order valence-corrected chi connectivity index (χ2v) is 8.21. The van der Waals surface area contributed by atoms with E-state index < -0.39 is 0 Å². The van der Waals surface area contributed by atoms with E-state index in [1.807, 2.05) is 29.8 Å². The monoisotopic (exact) mass is 409 g/mol. The molecule has 0 unspecified atom stereocenters. The van der Waals surface area contributed by atoms with Gasteiger partial charge in [-0.25, -0.2) is 9.97 Å². The van der Waals surface area contributed by atoms with Crippen LogP contribution < -0.4 is 10.2 Å². The molecular formula is C26H27N5. The highest BCUT2D eigenvalue weighted by Gasteiger charge is 2.12. The number of allylic oxidation sites excluding steroid dienone is 1. The number of hydrogen-bond acceptors (Lipinski definition) is 4. The molecule has 31 heavy (non-hydrogen) atoms. The SMILES string of the molecule is C=C(C)c1cccc(-c2cn3ccnc3c(Nc3ccc(N4CCCCC4)cc3)n2)c1. The van der Waals surface area contributed by atoms with E-state index in [2.05, 4.69) is 64.2 Å². The molecular weight excluding hydrogens is 382 g/mol. The number of benzene rings is 2. The summed E-state index contributed by atoms with van der Waals surface area (Å²) >= 11 is 0. The molecule has 0 bridgehead atoms. The molecule has 1 fully saturated rings. The van der Waals surface area contributed by atoms with Crippen molar-refractivity contribution >= 4 is 28.4 Å². The van der Waals surface area contributed by atoms with Crippen molar-refractivity contribution in [2.75, 3.05) is 23.3 Å². The zero-order valence-electron chi connectivity index (χ0n) is 17.9. The summed E-state index contributed by atoms with van der Waals surface area (Å²) in [7, 11) is 0. The van der Waals surface area contributed by atoms with Gasteiger partial charge in [0.25, 0.3) is 0 Å².